The van der Waals surface area contributed by atoms with E-state index in [0.29, 0.717) is 12.1 Å². The zero-order chi connectivity index (χ0) is 14.1. The molecule has 0 amide bonds. The van der Waals surface area contributed by atoms with Gasteiger partial charge in [-0.05, 0) is 56.3 Å². The highest BCUT2D eigenvalue weighted by molar-refractivity contribution is 5.57. The SMILES string of the molecule is CCNCc1ccc(N2C3CCC2CC(O)C3)c(C)c1. The van der Waals surface area contributed by atoms with Crippen LogP contribution in [0.3, 0.4) is 0 Å². The van der Waals surface area contributed by atoms with E-state index in [-0.39, 0.29) is 6.10 Å². The van der Waals surface area contributed by atoms with Gasteiger partial charge in [0.2, 0.25) is 0 Å². The van der Waals surface area contributed by atoms with Gasteiger partial charge >= 0.3 is 0 Å². The fourth-order valence-electron chi connectivity index (χ4n) is 3.93. The largest absolute Gasteiger partial charge is 0.393 e. The van der Waals surface area contributed by atoms with E-state index in [2.05, 4.69) is 42.3 Å². The quantitative estimate of drug-likeness (QED) is 0.886. The molecule has 3 heteroatoms. The van der Waals surface area contributed by atoms with Crippen LogP contribution in [-0.2, 0) is 6.54 Å². The normalized spacial score (nSPS) is 28.9. The minimum absolute atomic E-state index is 0.0860. The van der Waals surface area contributed by atoms with E-state index in [0.717, 1.165) is 25.9 Å². The van der Waals surface area contributed by atoms with Crippen LogP contribution in [0, 0.1) is 6.92 Å². The Hall–Kier alpha value is -1.06. The second kappa shape index (κ2) is 5.74. The van der Waals surface area contributed by atoms with Crippen LogP contribution in [-0.4, -0.2) is 29.8 Å². The summed E-state index contributed by atoms with van der Waals surface area (Å²) in [5.41, 5.74) is 4.11. The number of benzene rings is 1. The maximum absolute atomic E-state index is 9.93. The van der Waals surface area contributed by atoms with E-state index in [1.807, 2.05) is 0 Å². The summed E-state index contributed by atoms with van der Waals surface area (Å²) in [5, 5.41) is 13.3. The van der Waals surface area contributed by atoms with Crippen LogP contribution in [0.15, 0.2) is 18.2 Å². The van der Waals surface area contributed by atoms with Crippen molar-refractivity contribution in [1.29, 1.82) is 0 Å². The number of aliphatic hydroxyl groups is 1. The monoisotopic (exact) mass is 274 g/mol. The number of nitrogens with one attached hydrogen (secondary N) is 1. The summed E-state index contributed by atoms with van der Waals surface area (Å²) in [6.45, 7) is 6.31. The Morgan fingerprint density at radius 3 is 2.55 bits per heavy atom. The van der Waals surface area contributed by atoms with Crippen LogP contribution in [0.25, 0.3) is 0 Å². The van der Waals surface area contributed by atoms with Gasteiger partial charge < -0.3 is 15.3 Å². The molecule has 2 unspecified atom stereocenters. The van der Waals surface area contributed by atoms with E-state index in [1.165, 1.54) is 29.7 Å². The summed E-state index contributed by atoms with van der Waals surface area (Å²) < 4.78 is 0. The molecule has 2 heterocycles. The van der Waals surface area contributed by atoms with Crippen LogP contribution in [0.1, 0.15) is 43.7 Å². The molecule has 3 rings (SSSR count). The van der Waals surface area contributed by atoms with Crippen molar-refractivity contribution in [3.05, 3.63) is 29.3 Å². The number of nitrogens with zero attached hydrogens (tertiary/aromatic N) is 1. The standard InChI is InChI=1S/C17H26N2O/c1-3-18-11-13-4-7-17(12(2)8-13)19-14-5-6-15(19)10-16(20)9-14/h4,7-8,14-16,18,20H,3,5-6,9-11H2,1-2H3. The fraction of sp³-hybridized carbons (Fsp3) is 0.647. The maximum atomic E-state index is 9.93. The summed E-state index contributed by atoms with van der Waals surface area (Å²) in [6, 6.07) is 7.92. The molecule has 1 aromatic carbocycles. The number of anilines is 1. The van der Waals surface area contributed by atoms with Gasteiger partial charge in [-0.2, -0.15) is 0 Å². The fourth-order valence-corrected chi connectivity index (χ4v) is 3.93. The van der Waals surface area contributed by atoms with Gasteiger partial charge in [-0.15, -0.1) is 0 Å². The Morgan fingerprint density at radius 1 is 1.25 bits per heavy atom. The highest BCUT2D eigenvalue weighted by Crippen LogP contribution is 2.40. The van der Waals surface area contributed by atoms with Crippen molar-refractivity contribution in [2.45, 2.75) is 64.3 Å². The van der Waals surface area contributed by atoms with E-state index in [9.17, 15) is 5.11 Å². The van der Waals surface area contributed by atoms with E-state index >= 15 is 0 Å². The predicted octanol–water partition coefficient (Wildman–Crippen LogP) is 2.60. The molecule has 1 aromatic rings. The van der Waals surface area contributed by atoms with Crippen molar-refractivity contribution in [2.75, 3.05) is 11.4 Å². The second-order valence-electron chi connectivity index (χ2n) is 6.32. The van der Waals surface area contributed by atoms with Crippen molar-refractivity contribution >= 4 is 5.69 Å². The predicted molar refractivity (Wildman–Crippen MR) is 83.1 cm³/mol. The molecule has 0 saturated carbocycles. The molecule has 2 aliphatic heterocycles. The Morgan fingerprint density at radius 2 is 1.95 bits per heavy atom. The molecule has 2 N–H and O–H groups in total. The molecule has 0 spiro atoms. The average molecular weight is 274 g/mol. The second-order valence-corrected chi connectivity index (χ2v) is 6.32. The Bertz CT molecular complexity index is 460. The van der Waals surface area contributed by atoms with Gasteiger partial charge in [0.05, 0.1) is 6.10 Å². The van der Waals surface area contributed by atoms with Gasteiger partial charge in [0.15, 0.2) is 0 Å². The molecule has 110 valence electrons. The molecule has 20 heavy (non-hydrogen) atoms. The molecule has 0 aromatic heterocycles. The third kappa shape index (κ3) is 2.57. The molecule has 2 aliphatic rings. The summed E-state index contributed by atoms with van der Waals surface area (Å²) >= 11 is 0. The molecule has 2 fully saturated rings. The number of rotatable bonds is 4. The highest BCUT2D eigenvalue weighted by Gasteiger charge is 2.40. The average Bonchev–Trinajstić information content (AvgIpc) is 2.68. The minimum Gasteiger partial charge on any atom is -0.393 e. The first-order valence-corrected chi connectivity index (χ1v) is 7.95. The summed E-state index contributed by atoms with van der Waals surface area (Å²) in [6.07, 6.45) is 4.27. The van der Waals surface area contributed by atoms with Gasteiger partial charge in [0.1, 0.15) is 0 Å². The Balaban J connectivity index is 1.80. The first kappa shape index (κ1) is 13.9. The van der Waals surface area contributed by atoms with Crippen LogP contribution in [0.4, 0.5) is 5.69 Å². The summed E-state index contributed by atoms with van der Waals surface area (Å²) in [7, 11) is 0. The lowest BCUT2D eigenvalue weighted by atomic mass is 9.97. The molecule has 0 radical (unpaired) electrons. The smallest absolute Gasteiger partial charge is 0.0579 e. The zero-order valence-electron chi connectivity index (χ0n) is 12.6. The molecule has 3 nitrogen and oxygen atoms in total. The Labute approximate surface area is 122 Å². The third-order valence-corrected chi connectivity index (χ3v) is 4.83. The molecular weight excluding hydrogens is 248 g/mol. The zero-order valence-corrected chi connectivity index (χ0v) is 12.6. The van der Waals surface area contributed by atoms with E-state index in [1.54, 1.807) is 0 Å². The number of aliphatic hydroxyl groups excluding tert-OH is 1. The number of hydrogen-bond donors (Lipinski definition) is 2. The van der Waals surface area contributed by atoms with E-state index < -0.39 is 0 Å². The lowest BCUT2D eigenvalue weighted by Gasteiger charge is -2.40. The van der Waals surface area contributed by atoms with Crippen LogP contribution in [0.2, 0.25) is 0 Å². The topological polar surface area (TPSA) is 35.5 Å². The number of hydrogen-bond acceptors (Lipinski definition) is 3. The van der Waals surface area contributed by atoms with Gasteiger partial charge in [0.25, 0.3) is 0 Å². The van der Waals surface area contributed by atoms with Gasteiger partial charge in [-0.3, -0.25) is 0 Å². The lowest BCUT2D eigenvalue weighted by molar-refractivity contribution is 0.126. The number of piperidine rings is 1. The highest BCUT2D eigenvalue weighted by atomic mass is 16.3. The molecular formula is C17H26N2O. The van der Waals surface area contributed by atoms with Gasteiger partial charge in [-0.25, -0.2) is 0 Å². The minimum atomic E-state index is -0.0860. The molecule has 0 aliphatic carbocycles. The summed E-state index contributed by atoms with van der Waals surface area (Å²) in [4.78, 5) is 2.58. The van der Waals surface area contributed by atoms with Crippen molar-refractivity contribution in [2.24, 2.45) is 0 Å². The lowest BCUT2D eigenvalue weighted by Crippen LogP contribution is -2.45. The van der Waals surface area contributed by atoms with Crippen molar-refractivity contribution < 1.29 is 5.11 Å². The van der Waals surface area contributed by atoms with Crippen molar-refractivity contribution in [1.82, 2.24) is 5.32 Å². The molecule has 2 saturated heterocycles. The third-order valence-electron chi connectivity index (χ3n) is 4.83. The molecule has 2 bridgehead atoms. The van der Waals surface area contributed by atoms with Crippen LogP contribution < -0.4 is 10.2 Å². The van der Waals surface area contributed by atoms with Crippen molar-refractivity contribution in [3.8, 4) is 0 Å². The first-order chi connectivity index (χ1) is 9.69. The van der Waals surface area contributed by atoms with Crippen LogP contribution in [0.5, 0.6) is 0 Å². The first-order valence-electron chi connectivity index (χ1n) is 7.95. The summed E-state index contributed by atoms with van der Waals surface area (Å²) in [5.74, 6) is 0. The maximum Gasteiger partial charge on any atom is 0.0579 e. The van der Waals surface area contributed by atoms with Gasteiger partial charge in [-0.1, -0.05) is 19.1 Å². The van der Waals surface area contributed by atoms with Crippen molar-refractivity contribution in [3.63, 3.8) is 0 Å². The Kier molecular flexibility index (Phi) is 3.99. The van der Waals surface area contributed by atoms with Crippen LogP contribution >= 0.6 is 0 Å². The number of fused-ring (bicyclic) bond motifs is 2. The molecule has 2 atom stereocenters. The van der Waals surface area contributed by atoms with Gasteiger partial charge in [0, 0.05) is 24.3 Å². The van der Waals surface area contributed by atoms with E-state index in [4.69, 9.17) is 0 Å². The number of aryl methyl sites for hydroxylation is 1.